The second-order valence-electron chi connectivity index (χ2n) is 3.95. The molecular formula is C12H17FN2O. The maximum Gasteiger partial charge on any atom is 0.224 e. The summed E-state index contributed by atoms with van der Waals surface area (Å²) in [5.74, 6) is -0.0787. The summed E-state index contributed by atoms with van der Waals surface area (Å²) in [6.07, 6.45) is 0.275. The molecule has 0 spiro atoms. The molecule has 1 aromatic rings. The summed E-state index contributed by atoms with van der Waals surface area (Å²) in [5, 5.41) is 2.78. The molecule has 4 heteroatoms. The Hall–Kier alpha value is -1.42. The highest BCUT2D eigenvalue weighted by Gasteiger charge is 2.05. The van der Waals surface area contributed by atoms with Crippen LogP contribution in [0.2, 0.25) is 0 Å². The van der Waals surface area contributed by atoms with Gasteiger partial charge in [-0.1, -0.05) is 19.1 Å². The number of hydrogen-bond acceptors (Lipinski definition) is 2. The lowest BCUT2D eigenvalue weighted by Crippen LogP contribution is -2.32. The van der Waals surface area contributed by atoms with E-state index in [1.165, 1.54) is 12.1 Å². The minimum atomic E-state index is -0.291. The zero-order valence-electron chi connectivity index (χ0n) is 9.37. The van der Waals surface area contributed by atoms with E-state index in [1.807, 2.05) is 6.92 Å². The van der Waals surface area contributed by atoms with Crippen LogP contribution < -0.4 is 11.1 Å². The molecule has 88 valence electrons. The van der Waals surface area contributed by atoms with E-state index in [-0.39, 0.29) is 24.1 Å². The van der Waals surface area contributed by atoms with Crippen molar-refractivity contribution in [2.24, 2.45) is 11.7 Å². The molecule has 1 rings (SSSR count). The van der Waals surface area contributed by atoms with Crippen molar-refractivity contribution in [3.63, 3.8) is 0 Å². The van der Waals surface area contributed by atoms with Crippen molar-refractivity contribution in [1.29, 1.82) is 0 Å². The third-order valence-corrected chi connectivity index (χ3v) is 2.33. The van der Waals surface area contributed by atoms with Crippen LogP contribution in [0, 0.1) is 11.7 Å². The lowest BCUT2D eigenvalue weighted by atomic mass is 10.1. The molecular weight excluding hydrogens is 207 g/mol. The topological polar surface area (TPSA) is 55.1 Å². The highest BCUT2D eigenvalue weighted by Crippen LogP contribution is 2.03. The van der Waals surface area contributed by atoms with Gasteiger partial charge in [0, 0.05) is 6.54 Å². The van der Waals surface area contributed by atoms with Crippen LogP contribution in [0.15, 0.2) is 24.3 Å². The third-order valence-electron chi connectivity index (χ3n) is 2.33. The smallest absolute Gasteiger partial charge is 0.224 e. The maximum absolute atomic E-state index is 12.6. The van der Waals surface area contributed by atoms with Crippen molar-refractivity contribution >= 4 is 5.91 Å². The molecule has 0 saturated heterocycles. The van der Waals surface area contributed by atoms with Crippen LogP contribution >= 0.6 is 0 Å². The van der Waals surface area contributed by atoms with Crippen LogP contribution in [0.1, 0.15) is 12.5 Å². The van der Waals surface area contributed by atoms with Gasteiger partial charge in [-0.05, 0) is 30.2 Å². The Kier molecular flexibility index (Phi) is 4.92. The van der Waals surface area contributed by atoms with Crippen LogP contribution in [-0.2, 0) is 11.2 Å². The highest BCUT2D eigenvalue weighted by atomic mass is 19.1. The Morgan fingerprint density at radius 3 is 2.62 bits per heavy atom. The van der Waals surface area contributed by atoms with Gasteiger partial charge in [-0.3, -0.25) is 4.79 Å². The van der Waals surface area contributed by atoms with E-state index in [0.29, 0.717) is 13.1 Å². The molecule has 0 saturated carbocycles. The van der Waals surface area contributed by atoms with Crippen LogP contribution in [-0.4, -0.2) is 19.0 Å². The van der Waals surface area contributed by atoms with Crippen molar-refractivity contribution in [1.82, 2.24) is 5.32 Å². The fourth-order valence-corrected chi connectivity index (χ4v) is 1.22. The van der Waals surface area contributed by atoms with E-state index in [9.17, 15) is 9.18 Å². The molecule has 1 aromatic carbocycles. The molecule has 0 radical (unpaired) electrons. The number of amides is 1. The van der Waals surface area contributed by atoms with Gasteiger partial charge in [0.05, 0.1) is 6.42 Å². The van der Waals surface area contributed by atoms with E-state index in [4.69, 9.17) is 5.73 Å². The van der Waals surface area contributed by atoms with Gasteiger partial charge >= 0.3 is 0 Å². The van der Waals surface area contributed by atoms with Crippen LogP contribution in [0.25, 0.3) is 0 Å². The van der Waals surface area contributed by atoms with Gasteiger partial charge in [-0.15, -0.1) is 0 Å². The molecule has 0 bridgehead atoms. The fraction of sp³-hybridized carbons (Fsp3) is 0.417. The molecule has 0 aliphatic carbocycles. The number of carbonyl (C=O) groups excluding carboxylic acids is 1. The van der Waals surface area contributed by atoms with E-state index in [1.54, 1.807) is 12.1 Å². The van der Waals surface area contributed by atoms with Gasteiger partial charge in [-0.2, -0.15) is 0 Å². The van der Waals surface area contributed by atoms with Gasteiger partial charge in [0.1, 0.15) is 5.82 Å². The Labute approximate surface area is 94.8 Å². The summed E-state index contributed by atoms with van der Waals surface area (Å²) in [6, 6.07) is 5.93. The lowest BCUT2D eigenvalue weighted by molar-refractivity contribution is -0.120. The molecule has 0 aliphatic rings. The SMILES string of the molecule is CC(CN)CNC(=O)Cc1ccc(F)cc1. The Morgan fingerprint density at radius 1 is 1.44 bits per heavy atom. The molecule has 1 amide bonds. The molecule has 3 nitrogen and oxygen atoms in total. The second-order valence-corrected chi connectivity index (χ2v) is 3.95. The summed E-state index contributed by atoms with van der Waals surface area (Å²) in [5.41, 5.74) is 6.24. The lowest BCUT2D eigenvalue weighted by Gasteiger charge is -2.09. The van der Waals surface area contributed by atoms with Crippen molar-refractivity contribution in [2.45, 2.75) is 13.3 Å². The number of benzene rings is 1. The number of hydrogen-bond donors (Lipinski definition) is 2. The fourth-order valence-electron chi connectivity index (χ4n) is 1.22. The Morgan fingerprint density at radius 2 is 2.06 bits per heavy atom. The normalized spacial score (nSPS) is 12.2. The number of nitrogens with two attached hydrogens (primary N) is 1. The van der Waals surface area contributed by atoms with Crippen molar-refractivity contribution in [3.8, 4) is 0 Å². The number of halogens is 1. The molecule has 16 heavy (non-hydrogen) atoms. The molecule has 0 aliphatic heterocycles. The first-order valence-electron chi connectivity index (χ1n) is 5.33. The summed E-state index contributed by atoms with van der Waals surface area (Å²) in [7, 11) is 0. The van der Waals surface area contributed by atoms with Crippen molar-refractivity contribution in [2.75, 3.05) is 13.1 Å². The van der Waals surface area contributed by atoms with Crippen molar-refractivity contribution < 1.29 is 9.18 Å². The minimum absolute atomic E-state index is 0.0630. The summed E-state index contributed by atoms with van der Waals surface area (Å²) < 4.78 is 12.6. The molecule has 1 atom stereocenters. The monoisotopic (exact) mass is 224 g/mol. The largest absolute Gasteiger partial charge is 0.356 e. The van der Waals surface area contributed by atoms with Gasteiger partial charge in [-0.25, -0.2) is 4.39 Å². The first-order chi connectivity index (χ1) is 7.61. The van der Waals surface area contributed by atoms with E-state index < -0.39 is 0 Å². The zero-order chi connectivity index (χ0) is 12.0. The first kappa shape index (κ1) is 12.6. The van der Waals surface area contributed by atoms with Crippen LogP contribution in [0.3, 0.4) is 0 Å². The average molecular weight is 224 g/mol. The minimum Gasteiger partial charge on any atom is -0.356 e. The molecule has 0 heterocycles. The number of carbonyl (C=O) groups is 1. The summed E-state index contributed by atoms with van der Waals surface area (Å²) in [6.45, 7) is 3.10. The highest BCUT2D eigenvalue weighted by molar-refractivity contribution is 5.78. The third kappa shape index (κ3) is 4.40. The molecule has 0 fully saturated rings. The van der Waals surface area contributed by atoms with Crippen molar-refractivity contribution in [3.05, 3.63) is 35.6 Å². The van der Waals surface area contributed by atoms with Crippen LogP contribution in [0.5, 0.6) is 0 Å². The standard InChI is InChI=1S/C12H17FN2O/c1-9(7-14)8-15-12(16)6-10-2-4-11(13)5-3-10/h2-5,9H,6-8,14H2,1H3,(H,15,16). The molecule has 0 aromatic heterocycles. The summed E-state index contributed by atoms with van der Waals surface area (Å²) in [4.78, 5) is 11.5. The van der Waals surface area contributed by atoms with E-state index >= 15 is 0 Å². The second kappa shape index (κ2) is 6.23. The quantitative estimate of drug-likeness (QED) is 0.786. The summed E-state index contributed by atoms with van der Waals surface area (Å²) >= 11 is 0. The van der Waals surface area contributed by atoms with Gasteiger partial charge < -0.3 is 11.1 Å². The molecule has 3 N–H and O–H groups in total. The predicted octanol–water partition coefficient (Wildman–Crippen LogP) is 1.08. The van der Waals surface area contributed by atoms with Gasteiger partial charge in [0.25, 0.3) is 0 Å². The number of rotatable bonds is 5. The predicted molar refractivity (Wildman–Crippen MR) is 61.3 cm³/mol. The Balaban J connectivity index is 2.37. The maximum atomic E-state index is 12.6. The van der Waals surface area contributed by atoms with E-state index in [0.717, 1.165) is 5.56 Å². The number of nitrogens with one attached hydrogen (secondary N) is 1. The zero-order valence-corrected chi connectivity index (χ0v) is 9.37. The van der Waals surface area contributed by atoms with Gasteiger partial charge in [0.15, 0.2) is 0 Å². The first-order valence-corrected chi connectivity index (χ1v) is 5.33. The average Bonchev–Trinajstić information content (AvgIpc) is 2.29. The van der Waals surface area contributed by atoms with Crippen LogP contribution in [0.4, 0.5) is 4.39 Å². The molecule has 1 unspecified atom stereocenters. The van der Waals surface area contributed by atoms with E-state index in [2.05, 4.69) is 5.32 Å². The Bertz CT molecular complexity index is 337. The van der Waals surface area contributed by atoms with Gasteiger partial charge in [0.2, 0.25) is 5.91 Å².